The third-order valence-corrected chi connectivity index (χ3v) is 3.12. The van der Waals surface area contributed by atoms with E-state index in [0.717, 1.165) is 24.5 Å². The maximum absolute atomic E-state index is 5.63. The summed E-state index contributed by atoms with van der Waals surface area (Å²) in [5.41, 5.74) is 0. The smallest absolute Gasteiger partial charge is 0.119 e. The molecule has 0 saturated carbocycles. The van der Waals surface area contributed by atoms with Crippen molar-refractivity contribution in [3.63, 3.8) is 0 Å². The fourth-order valence-corrected chi connectivity index (χ4v) is 1.95. The largest absolute Gasteiger partial charge is 0.497 e. The first-order valence-electron chi connectivity index (χ1n) is 5.69. The number of halogens is 1. The molecule has 0 unspecified atom stereocenters. The highest BCUT2D eigenvalue weighted by atomic mass is 127. The van der Waals surface area contributed by atoms with Crippen LogP contribution in [-0.2, 0) is 0 Å². The van der Waals surface area contributed by atoms with Gasteiger partial charge in [0.2, 0.25) is 0 Å². The Hall–Kier alpha value is -0.450. The molecule has 0 radical (unpaired) electrons. The van der Waals surface area contributed by atoms with E-state index >= 15 is 0 Å². The third kappa shape index (κ3) is 5.58. The second-order valence-electron chi connectivity index (χ2n) is 3.63. The molecule has 1 aromatic carbocycles. The van der Waals surface area contributed by atoms with Gasteiger partial charge in [0.1, 0.15) is 11.5 Å². The van der Waals surface area contributed by atoms with Gasteiger partial charge in [-0.1, -0.05) is 35.4 Å². The lowest BCUT2D eigenvalue weighted by Gasteiger charge is -2.06. The van der Waals surface area contributed by atoms with Crippen LogP contribution in [0.4, 0.5) is 0 Å². The van der Waals surface area contributed by atoms with E-state index in [1.54, 1.807) is 7.11 Å². The molecule has 0 spiro atoms. The van der Waals surface area contributed by atoms with Crippen LogP contribution in [0, 0.1) is 0 Å². The minimum atomic E-state index is 0.813. The zero-order chi connectivity index (χ0) is 11.6. The molecule has 0 atom stereocenters. The van der Waals surface area contributed by atoms with Crippen LogP contribution in [0.5, 0.6) is 11.5 Å². The molecule has 0 aliphatic rings. The van der Waals surface area contributed by atoms with Gasteiger partial charge < -0.3 is 9.47 Å². The Labute approximate surface area is 111 Å². The number of methoxy groups -OCH3 is 1. The Morgan fingerprint density at radius 1 is 0.938 bits per heavy atom. The first-order chi connectivity index (χ1) is 7.86. The van der Waals surface area contributed by atoms with Crippen molar-refractivity contribution >= 4 is 22.6 Å². The summed E-state index contributed by atoms with van der Waals surface area (Å²) < 4.78 is 12.0. The minimum absolute atomic E-state index is 0.813. The SMILES string of the molecule is COc1ccc(OCCCCCCI)cc1. The number of alkyl halides is 1. The van der Waals surface area contributed by atoms with E-state index in [1.807, 2.05) is 24.3 Å². The molecule has 16 heavy (non-hydrogen) atoms. The zero-order valence-electron chi connectivity index (χ0n) is 9.75. The van der Waals surface area contributed by atoms with Crippen LogP contribution in [0.1, 0.15) is 25.7 Å². The topological polar surface area (TPSA) is 18.5 Å². The highest BCUT2D eigenvalue weighted by molar-refractivity contribution is 14.1. The third-order valence-electron chi connectivity index (χ3n) is 2.36. The first kappa shape index (κ1) is 13.6. The molecular weight excluding hydrogens is 315 g/mol. The molecule has 0 N–H and O–H groups in total. The van der Waals surface area contributed by atoms with Crippen LogP contribution < -0.4 is 9.47 Å². The predicted octanol–water partition coefficient (Wildman–Crippen LogP) is 4.07. The lowest BCUT2D eigenvalue weighted by atomic mass is 10.2. The van der Waals surface area contributed by atoms with E-state index in [9.17, 15) is 0 Å². The maximum Gasteiger partial charge on any atom is 0.119 e. The van der Waals surface area contributed by atoms with E-state index in [4.69, 9.17) is 9.47 Å². The lowest BCUT2D eigenvalue weighted by Crippen LogP contribution is -1.97. The van der Waals surface area contributed by atoms with Gasteiger partial charge in [0.25, 0.3) is 0 Å². The van der Waals surface area contributed by atoms with Gasteiger partial charge >= 0.3 is 0 Å². The van der Waals surface area contributed by atoms with Gasteiger partial charge in [-0.25, -0.2) is 0 Å². The van der Waals surface area contributed by atoms with Crippen molar-refractivity contribution in [3.8, 4) is 11.5 Å². The van der Waals surface area contributed by atoms with Crippen LogP contribution in [0.25, 0.3) is 0 Å². The van der Waals surface area contributed by atoms with Crippen molar-refractivity contribution in [2.45, 2.75) is 25.7 Å². The molecule has 0 aromatic heterocycles. The molecule has 0 aliphatic heterocycles. The maximum atomic E-state index is 5.63. The monoisotopic (exact) mass is 334 g/mol. The molecule has 0 heterocycles. The Bertz CT molecular complexity index is 272. The van der Waals surface area contributed by atoms with Crippen LogP contribution in [0.3, 0.4) is 0 Å². The fourth-order valence-electron chi connectivity index (χ4n) is 1.41. The van der Waals surface area contributed by atoms with Crippen LogP contribution in [0.15, 0.2) is 24.3 Å². The van der Waals surface area contributed by atoms with E-state index in [1.165, 1.54) is 23.7 Å². The lowest BCUT2D eigenvalue weighted by molar-refractivity contribution is 0.304. The molecule has 0 saturated heterocycles. The van der Waals surface area contributed by atoms with Crippen molar-refractivity contribution in [1.82, 2.24) is 0 Å². The molecule has 0 fully saturated rings. The number of ether oxygens (including phenoxy) is 2. The van der Waals surface area contributed by atoms with Gasteiger partial charge in [-0.3, -0.25) is 0 Å². The van der Waals surface area contributed by atoms with E-state index in [0.29, 0.717) is 0 Å². The van der Waals surface area contributed by atoms with Crippen molar-refractivity contribution in [2.24, 2.45) is 0 Å². The quantitative estimate of drug-likeness (QED) is 0.405. The van der Waals surface area contributed by atoms with Crippen LogP contribution in [0.2, 0.25) is 0 Å². The number of hydrogen-bond donors (Lipinski definition) is 0. The van der Waals surface area contributed by atoms with Crippen LogP contribution >= 0.6 is 22.6 Å². The highest BCUT2D eigenvalue weighted by Gasteiger charge is 1.95. The second kappa shape index (κ2) is 8.67. The molecule has 0 aliphatic carbocycles. The Morgan fingerprint density at radius 3 is 2.19 bits per heavy atom. The minimum Gasteiger partial charge on any atom is -0.497 e. The second-order valence-corrected chi connectivity index (χ2v) is 4.71. The van der Waals surface area contributed by atoms with Gasteiger partial charge in [-0.15, -0.1) is 0 Å². The average Bonchev–Trinajstić information content (AvgIpc) is 2.34. The number of rotatable bonds is 8. The molecule has 90 valence electrons. The number of unbranched alkanes of at least 4 members (excludes halogenated alkanes) is 3. The molecule has 3 heteroatoms. The van der Waals surface area contributed by atoms with Gasteiger partial charge in [-0.05, 0) is 41.5 Å². The summed E-state index contributed by atoms with van der Waals surface area (Å²) in [6, 6.07) is 7.74. The number of hydrogen-bond acceptors (Lipinski definition) is 2. The van der Waals surface area contributed by atoms with Gasteiger partial charge in [0.05, 0.1) is 13.7 Å². The fraction of sp³-hybridized carbons (Fsp3) is 0.538. The predicted molar refractivity (Wildman–Crippen MR) is 75.8 cm³/mol. The van der Waals surface area contributed by atoms with E-state index in [2.05, 4.69) is 22.6 Å². The number of benzene rings is 1. The van der Waals surface area contributed by atoms with Crippen molar-refractivity contribution in [3.05, 3.63) is 24.3 Å². The molecular formula is C13H19IO2. The van der Waals surface area contributed by atoms with Crippen LogP contribution in [-0.4, -0.2) is 18.1 Å². The van der Waals surface area contributed by atoms with Crippen molar-refractivity contribution in [1.29, 1.82) is 0 Å². The van der Waals surface area contributed by atoms with Crippen molar-refractivity contribution in [2.75, 3.05) is 18.1 Å². The van der Waals surface area contributed by atoms with E-state index in [-0.39, 0.29) is 0 Å². The standard InChI is InChI=1S/C13H19IO2/c1-15-12-6-8-13(9-7-12)16-11-5-3-2-4-10-14/h6-9H,2-5,10-11H2,1H3. The summed E-state index contributed by atoms with van der Waals surface area (Å²) in [6.07, 6.45) is 5.04. The molecule has 1 rings (SSSR count). The summed E-state index contributed by atoms with van der Waals surface area (Å²) >= 11 is 2.42. The van der Waals surface area contributed by atoms with Gasteiger partial charge in [0, 0.05) is 0 Å². The summed E-state index contributed by atoms with van der Waals surface area (Å²) in [5, 5.41) is 0. The summed E-state index contributed by atoms with van der Waals surface area (Å²) in [5.74, 6) is 1.80. The van der Waals surface area contributed by atoms with Crippen molar-refractivity contribution < 1.29 is 9.47 Å². The molecule has 0 bridgehead atoms. The molecule has 0 amide bonds. The Kier molecular flexibility index (Phi) is 7.38. The van der Waals surface area contributed by atoms with Gasteiger partial charge in [-0.2, -0.15) is 0 Å². The Morgan fingerprint density at radius 2 is 1.56 bits per heavy atom. The Balaban J connectivity index is 2.12. The zero-order valence-corrected chi connectivity index (χ0v) is 11.9. The van der Waals surface area contributed by atoms with E-state index < -0.39 is 0 Å². The van der Waals surface area contributed by atoms with Gasteiger partial charge in [0.15, 0.2) is 0 Å². The summed E-state index contributed by atoms with van der Waals surface area (Å²) in [6.45, 7) is 0.813. The average molecular weight is 334 g/mol. The summed E-state index contributed by atoms with van der Waals surface area (Å²) in [4.78, 5) is 0. The highest BCUT2D eigenvalue weighted by Crippen LogP contribution is 2.17. The normalized spacial score (nSPS) is 10.1. The molecule has 2 nitrogen and oxygen atoms in total. The molecule has 1 aromatic rings. The summed E-state index contributed by atoms with van der Waals surface area (Å²) in [7, 11) is 1.67. The first-order valence-corrected chi connectivity index (χ1v) is 7.22.